The van der Waals surface area contributed by atoms with Crippen molar-refractivity contribution in [2.24, 2.45) is 0 Å². The number of rotatable bonds is 2. The van der Waals surface area contributed by atoms with Crippen LogP contribution in [0.15, 0.2) is 18.2 Å². The fraction of sp³-hybridized carbons (Fsp3) is 0.500. The second-order valence-corrected chi connectivity index (χ2v) is 3.95. The Bertz CT molecular complexity index is 320. The molecule has 1 unspecified atom stereocenters. The maximum absolute atomic E-state index is 3.50. The summed E-state index contributed by atoms with van der Waals surface area (Å²) in [6.07, 6.45) is 1.15. The lowest BCUT2D eigenvalue weighted by molar-refractivity contribution is 0.534. The molecule has 1 aliphatic heterocycles. The number of benzene rings is 1. The van der Waals surface area contributed by atoms with Gasteiger partial charge in [-0.1, -0.05) is 25.1 Å². The van der Waals surface area contributed by atoms with Crippen molar-refractivity contribution in [3.05, 3.63) is 29.3 Å². The Morgan fingerprint density at radius 2 is 2.36 bits per heavy atom. The van der Waals surface area contributed by atoms with Crippen LogP contribution in [0.3, 0.4) is 0 Å². The first-order valence-electron chi connectivity index (χ1n) is 5.37. The first-order valence-corrected chi connectivity index (χ1v) is 5.37. The molecule has 0 saturated heterocycles. The number of hydrogen-bond donors (Lipinski definition) is 2. The molecule has 0 bridgehead atoms. The molecule has 1 aliphatic rings. The smallest absolute Gasteiger partial charge is 0.0403 e. The lowest BCUT2D eigenvalue weighted by Crippen LogP contribution is -2.40. The Morgan fingerprint density at radius 1 is 1.50 bits per heavy atom. The fourth-order valence-corrected chi connectivity index (χ4v) is 2.15. The van der Waals surface area contributed by atoms with Gasteiger partial charge in [-0.25, -0.2) is 0 Å². The van der Waals surface area contributed by atoms with Crippen LogP contribution in [0.1, 0.15) is 18.1 Å². The quantitative estimate of drug-likeness (QED) is 0.744. The van der Waals surface area contributed by atoms with Gasteiger partial charge >= 0.3 is 0 Å². The fourth-order valence-electron chi connectivity index (χ4n) is 2.15. The van der Waals surface area contributed by atoms with E-state index in [0.29, 0.717) is 6.04 Å². The predicted molar refractivity (Wildman–Crippen MR) is 60.8 cm³/mol. The molecule has 2 heteroatoms. The molecule has 1 aromatic carbocycles. The van der Waals surface area contributed by atoms with Crippen LogP contribution >= 0.6 is 0 Å². The van der Waals surface area contributed by atoms with Crippen LogP contribution in [0.4, 0.5) is 5.69 Å². The van der Waals surface area contributed by atoms with E-state index in [1.807, 2.05) is 0 Å². The number of nitrogens with one attached hydrogen (secondary N) is 2. The maximum atomic E-state index is 3.50. The maximum Gasteiger partial charge on any atom is 0.0403 e. The summed E-state index contributed by atoms with van der Waals surface area (Å²) in [5.41, 5.74) is 4.15. The largest absolute Gasteiger partial charge is 0.383 e. The summed E-state index contributed by atoms with van der Waals surface area (Å²) in [5.74, 6) is 0. The Hall–Kier alpha value is -1.02. The lowest BCUT2D eigenvalue weighted by Gasteiger charge is -2.27. The zero-order chi connectivity index (χ0) is 9.97. The highest BCUT2D eigenvalue weighted by Gasteiger charge is 2.17. The van der Waals surface area contributed by atoms with Gasteiger partial charge in [-0.05, 0) is 31.0 Å². The van der Waals surface area contributed by atoms with Crippen molar-refractivity contribution in [3.63, 3.8) is 0 Å². The average Bonchev–Trinajstić information content (AvgIpc) is 2.18. The van der Waals surface area contributed by atoms with Gasteiger partial charge in [0.25, 0.3) is 0 Å². The summed E-state index contributed by atoms with van der Waals surface area (Å²) < 4.78 is 0. The molecule has 14 heavy (non-hydrogen) atoms. The first-order chi connectivity index (χ1) is 6.81. The van der Waals surface area contributed by atoms with E-state index >= 15 is 0 Å². The topological polar surface area (TPSA) is 24.1 Å². The van der Waals surface area contributed by atoms with Crippen LogP contribution in [0, 0.1) is 6.92 Å². The van der Waals surface area contributed by atoms with E-state index in [4.69, 9.17) is 0 Å². The number of aryl methyl sites for hydroxylation is 1. The van der Waals surface area contributed by atoms with Gasteiger partial charge in [-0.15, -0.1) is 0 Å². The molecule has 2 nitrogen and oxygen atoms in total. The molecule has 1 heterocycles. The summed E-state index contributed by atoms with van der Waals surface area (Å²) in [4.78, 5) is 0. The molecule has 2 N–H and O–H groups in total. The second-order valence-electron chi connectivity index (χ2n) is 3.95. The molecule has 0 aromatic heterocycles. The Morgan fingerprint density at radius 3 is 3.14 bits per heavy atom. The molecular weight excluding hydrogens is 172 g/mol. The van der Waals surface area contributed by atoms with Gasteiger partial charge in [-0.2, -0.15) is 0 Å². The summed E-state index contributed by atoms with van der Waals surface area (Å²) in [6.45, 7) is 6.42. The summed E-state index contributed by atoms with van der Waals surface area (Å²) in [5, 5.41) is 6.99. The van der Waals surface area contributed by atoms with Gasteiger partial charge in [0.05, 0.1) is 0 Å². The van der Waals surface area contributed by atoms with Crippen LogP contribution in [0.5, 0.6) is 0 Å². The van der Waals surface area contributed by atoms with E-state index in [-0.39, 0.29) is 0 Å². The van der Waals surface area contributed by atoms with E-state index in [0.717, 1.165) is 19.5 Å². The molecular formula is C12H18N2. The number of para-hydroxylation sites is 1. The standard InChI is InChI=1S/C12H18N2/c1-3-13-11-7-10-6-4-5-9(2)12(10)14-8-11/h4-6,11,13-14H,3,7-8H2,1-2H3. The molecule has 0 aliphatic carbocycles. The van der Waals surface area contributed by atoms with Crippen LogP contribution in [-0.2, 0) is 6.42 Å². The SMILES string of the molecule is CCNC1CNc2c(C)cccc2C1. The highest BCUT2D eigenvalue weighted by atomic mass is 15.0. The minimum absolute atomic E-state index is 0.592. The molecule has 0 fully saturated rings. The molecule has 0 radical (unpaired) electrons. The minimum Gasteiger partial charge on any atom is -0.383 e. The van der Waals surface area contributed by atoms with E-state index < -0.39 is 0 Å². The minimum atomic E-state index is 0.592. The normalized spacial score (nSPS) is 20.0. The lowest BCUT2D eigenvalue weighted by atomic mass is 9.97. The van der Waals surface area contributed by atoms with E-state index in [2.05, 4.69) is 42.7 Å². The predicted octanol–water partition coefficient (Wildman–Crippen LogP) is 1.94. The summed E-state index contributed by atoms with van der Waals surface area (Å²) >= 11 is 0. The van der Waals surface area contributed by atoms with Crippen LogP contribution in [0.2, 0.25) is 0 Å². The Labute approximate surface area is 85.7 Å². The molecule has 1 aromatic rings. The van der Waals surface area contributed by atoms with Crippen molar-refractivity contribution >= 4 is 5.69 Å². The van der Waals surface area contributed by atoms with Gasteiger partial charge in [0.1, 0.15) is 0 Å². The third-order valence-corrected chi connectivity index (χ3v) is 2.84. The van der Waals surface area contributed by atoms with E-state index in [1.165, 1.54) is 16.8 Å². The number of anilines is 1. The molecule has 0 saturated carbocycles. The highest BCUT2D eigenvalue weighted by molar-refractivity contribution is 5.59. The Balaban J connectivity index is 2.18. The molecule has 0 amide bonds. The first kappa shape index (κ1) is 9.53. The van der Waals surface area contributed by atoms with Gasteiger partial charge < -0.3 is 10.6 Å². The van der Waals surface area contributed by atoms with Crippen LogP contribution < -0.4 is 10.6 Å². The molecule has 2 rings (SSSR count). The summed E-state index contributed by atoms with van der Waals surface area (Å²) in [6, 6.07) is 7.12. The zero-order valence-electron chi connectivity index (χ0n) is 8.93. The third-order valence-electron chi connectivity index (χ3n) is 2.84. The van der Waals surface area contributed by atoms with Gasteiger partial charge in [-0.3, -0.25) is 0 Å². The molecule has 1 atom stereocenters. The monoisotopic (exact) mass is 190 g/mol. The third kappa shape index (κ3) is 1.75. The Kier molecular flexibility index (Phi) is 2.73. The second kappa shape index (κ2) is 4.01. The van der Waals surface area contributed by atoms with Crippen LogP contribution in [-0.4, -0.2) is 19.1 Å². The van der Waals surface area contributed by atoms with Crippen molar-refractivity contribution in [1.29, 1.82) is 0 Å². The molecule has 0 spiro atoms. The van der Waals surface area contributed by atoms with Gasteiger partial charge in [0, 0.05) is 18.3 Å². The number of fused-ring (bicyclic) bond motifs is 1. The van der Waals surface area contributed by atoms with E-state index in [1.54, 1.807) is 0 Å². The molecule has 76 valence electrons. The number of hydrogen-bond acceptors (Lipinski definition) is 2. The van der Waals surface area contributed by atoms with Crippen molar-refractivity contribution in [2.75, 3.05) is 18.4 Å². The van der Waals surface area contributed by atoms with Gasteiger partial charge in [0.15, 0.2) is 0 Å². The van der Waals surface area contributed by atoms with Crippen LogP contribution in [0.25, 0.3) is 0 Å². The number of likely N-dealkylation sites (N-methyl/N-ethyl adjacent to an activating group) is 1. The highest BCUT2D eigenvalue weighted by Crippen LogP contribution is 2.25. The van der Waals surface area contributed by atoms with Crippen molar-refractivity contribution in [3.8, 4) is 0 Å². The van der Waals surface area contributed by atoms with Crippen molar-refractivity contribution in [1.82, 2.24) is 5.32 Å². The van der Waals surface area contributed by atoms with E-state index in [9.17, 15) is 0 Å². The van der Waals surface area contributed by atoms with Crippen molar-refractivity contribution < 1.29 is 0 Å². The summed E-state index contributed by atoms with van der Waals surface area (Å²) in [7, 11) is 0. The average molecular weight is 190 g/mol. The van der Waals surface area contributed by atoms with Crippen molar-refractivity contribution in [2.45, 2.75) is 26.3 Å². The zero-order valence-corrected chi connectivity index (χ0v) is 8.93. The van der Waals surface area contributed by atoms with Gasteiger partial charge in [0.2, 0.25) is 0 Å².